The van der Waals surface area contributed by atoms with Crippen molar-refractivity contribution in [2.75, 3.05) is 10.7 Å². The van der Waals surface area contributed by atoms with Crippen molar-refractivity contribution in [1.82, 2.24) is 4.98 Å². The number of hydrogen-bond donors (Lipinski definition) is 3. The van der Waals surface area contributed by atoms with Crippen LogP contribution in [0.1, 0.15) is 9.75 Å². The van der Waals surface area contributed by atoms with E-state index >= 15 is 0 Å². The fraction of sp³-hybridized carbons (Fsp3) is 0.182. The van der Waals surface area contributed by atoms with Crippen molar-refractivity contribution in [1.29, 1.82) is 0 Å². The summed E-state index contributed by atoms with van der Waals surface area (Å²) in [7, 11) is 0. The molecule has 84 valence electrons. The lowest BCUT2D eigenvalue weighted by Gasteiger charge is -2.05. The average Bonchev–Trinajstić information content (AvgIpc) is 2.73. The van der Waals surface area contributed by atoms with E-state index in [1.54, 1.807) is 11.3 Å². The van der Waals surface area contributed by atoms with Crippen molar-refractivity contribution in [2.45, 2.75) is 13.5 Å². The Morgan fingerprint density at radius 2 is 2.06 bits per heavy atom. The zero-order valence-electron chi connectivity index (χ0n) is 9.03. The number of nitrogen functional groups attached to an aromatic ring is 1. The van der Waals surface area contributed by atoms with Gasteiger partial charge in [0, 0.05) is 9.75 Å². The summed E-state index contributed by atoms with van der Waals surface area (Å²) in [5, 5.41) is 3.25. The minimum atomic E-state index is 0.660. The Labute approximate surface area is 98.5 Å². The summed E-state index contributed by atoms with van der Waals surface area (Å²) in [5.41, 5.74) is 2.52. The molecule has 2 aromatic heterocycles. The molecule has 4 N–H and O–H groups in total. The van der Waals surface area contributed by atoms with Crippen molar-refractivity contribution in [3.8, 4) is 0 Å². The van der Waals surface area contributed by atoms with E-state index in [1.807, 2.05) is 18.2 Å². The van der Waals surface area contributed by atoms with E-state index in [2.05, 4.69) is 34.8 Å². The van der Waals surface area contributed by atoms with Gasteiger partial charge in [-0.3, -0.25) is 0 Å². The Morgan fingerprint density at radius 3 is 2.75 bits per heavy atom. The number of hydrazine groups is 1. The van der Waals surface area contributed by atoms with Gasteiger partial charge in [-0.1, -0.05) is 6.07 Å². The molecule has 0 saturated heterocycles. The van der Waals surface area contributed by atoms with E-state index in [9.17, 15) is 0 Å². The number of nitrogens with two attached hydrogens (primary N) is 1. The van der Waals surface area contributed by atoms with Gasteiger partial charge in [0.1, 0.15) is 11.6 Å². The molecule has 0 aliphatic carbocycles. The normalized spacial score (nSPS) is 10.1. The summed E-state index contributed by atoms with van der Waals surface area (Å²) in [4.78, 5) is 6.89. The van der Waals surface area contributed by atoms with Gasteiger partial charge in [-0.25, -0.2) is 10.8 Å². The first-order valence-corrected chi connectivity index (χ1v) is 5.82. The molecule has 0 bridgehead atoms. The third-order valence-electron chi connectivity index (χ3n) is 2.14. The van der Waals surface area contributed by atoms with Gasteiger partial charge in [-0.05, 0) is 31.2 Å². The topological polar surface area (TPSA) is 63.0 Å². The van der Waals surface area contributed by atoms with Crippen LogP contribution in [0.15, 0.2) is 30.3 Å². The molecule has 5 heteroatoms. The number of hydrogen-bond acceptors (Lipinski definition) is 5. The number of thiophene rings is 1. The first-order chi connectivity index (χ1) is 7.78. The standard InChI is InChI=1S/C11H14N4S/c1-8-5-6-9(16-8)7-13-10-3-2-4-11(14-10)15-12/h2-6H,7,12H2,1H3,(H2,13,14,15). The zero-order valence-corrected chi connectivity index (χ0v) is 9.84. The van der Waals surface area contributed by atoms with Crippen LogP contribution in [0.2, 0.25) is 0 Å². The second kappa shape index (κ2) is 4.96. The molecule has 0 aliphatic heterocycles. The highest BCUT2D eigenvalue weighted by atomic mass is 32.1. The summed E-state index contributed by atoms with van der Waals surface area (Å²) >= 11 is 1.79. The lowest BCUT2D eigenvalue weighted by Crippen LogP contribution is -2.09. The maximum atomic E-state index is 5.29. The van der Waals surface area contributed by atoms with Crippen molar-refractivity contribution < 1.29 is 0 Å². The molecule has 16 heavy (non-hydrogen) atoms. The predicted octanol–water partition coefficient (Wildman–Crippen LogP) is 2.35. The van der Waals surface area contributed by atoms with Crippen molar-refractivity contribution in [3.63, 3.8) is 0 Å². The SMILES string of the molecule is Cc1ccc(CNc2cccc(NN)n2)s1. The average molecular weight is 234 g/mol. The second-order valence-electron chi connectivity index (χ2n) is 3.42. The Hall–Kier alpha value is -1.59. The highest BCUT2D eigenvalue weighted by molar-refractivity contribution is 7.11. The van der Waals surface area contributed by atoms with Crippen LogP contribution in [-0.4, -0.2) is 4.98 Å². The van der Waals surface area contributed by atoms with Crippen molar-refractivity contribution >= 4 is 23.0 Å². The third-order valence-corrected chi connectivity index (χ3v) is 3.14. The van der Waals surface area contributed by atoms with Gasteiger partial charge < -0.3 is 10.7 Å². The molecule has 2 rings (SSSR count). The number of aryl methyl sites for hydroxylation is 1. The molecule has 2 aromatic rings. The van der Waals surface area contributed by atoms with Crippen LogP contribution >= 0.6 is 11.3 Å². The molecule has 0 spiro atoms. The molecule has 0 radical (unpaired) electrons. The van der Waals surface area contributed by atoms with Gasteiger partial charge in [-0.15, -0.1) is 11.3 Å². The molecule has 0 aliphatic rings. The highest BCUT2D eigenvalue weighted by Crippen LogP contribution is 2.16. The molecule has 0 aromatic carbocycles. The van der Waals surface area contributed by atoms with Crippen LogP contribution in [0.25, 0.3) is 0 Å². The molecule has 0 saturated carbocycles. The molecule has 0 atom stereocenters. The van der Waals surface area contributed by atoms with Crippen LogP contribution in [0.5, 0.6) is 0 Å². The maximum absolute atomic E-state index is 5.29. The zero-order chi connectivity index (χ0) is 11.4. The number of nitrogens with one attached hydrogen (secondary N) is 2. The molecule has 2 heterocycles. The smallest absolute Gasteiger partial charge is 0.142 e. The summed E-state index contributed by atoms with van der Waals surface area (Å²) < 4.78 is 0. The van der Waals surface area contributed by atoms with Crippen molar-refractivity contribution in [2.24, 2.45) is 5.84 Å². The molecule has 0 amide bonds. The van der Waals surface area contributed by atoms with Crippen LogP contribution in [0, 0.1) is 6.92 Å². The maximum Gasteiger partial charge on any atom is 0.142 e. The number of nitrogens with zero attached hydrogens (tertiary/aromatic N) is 1. The van der Waals surface area contributed by atoms with Gasteiger partial charge in [-0.2, -0.15) is 0 Å². The van der Waals surface area contributed by atoms with Crippen LogP contribution < -0.4 is 16.6 Å². The summed E-state index contributed by atoms with van der Waals surface area (Å²) in [6.07, 6.45) is 0. The minimum Gasteiger partial charge on any atom is -0.365 e. The van der Waals surface area contributed by atoms with E-state index in [0.717, 1.165) is 12.4 Å². The Morgan fingerprint density at radius 1 is 1.25 bits per heavy atom. The van der Waals surface area contributed by atoms with Gasteiger partial charge in [0.15, 0.2) is 0 Å². The largest absolute Gasteiger partial charge is 0.365 e. The van der Waals surface area contributed by atoms with E-state index in [-0.39, 0.29) is 0 Å². The van der Waals surface area contributed by atoms with E-state index in [1.165, 1.54) is 9.75 Å². The highest BCUT2D eigenvalue weighted by Gasteiger charge is 1.98. The second-order valence-corrected chi connectivity index (χ2v) is 4.79. The number of pyridine rings is 1. The van der Waals surface area contributed by atoms with Gasteiger partial charge in [0.05, 0.1) is 6.54 Å². The molecular weight excluding hydrogens is 220 g/mol. The van der Waals surface area contributed by atoms with Gasteiger partial charge >= 0.3 is 0 Å². The Balaban J connectivity index is 1.99. The van der Waals surface area contributed by atoms with E-state index in [4.69, 9.17) is 5.84 Å². The molecule has 4 nitrogen and oxygen atoms in total. The fourth-order valence-electron chi connectivity index (χ4n) is 1.37. The van der Waals surface area contributed by atoms with E-state index < -0.39 is 0 Å². The summed E-state index contributed by atoms with van der Waals surface area (Å²) in [6, 6.07) is 9.89. The first-order valence-electron chi connectivity index (χ1n) is 5.01. The quantitative estimate of drug-likeness (QED) is 0.561. The number of rotatable bonds is 4. The van der Waals surface area contributed by atoms with Crippen molar-refractivity contribution in [3.05, 3.63) is 40.1 Å². The van der Waals surface area contributed by atoms with Crippen LogP contribution in [0.4, 0.5) is 11.6 Å². The molecular formula is C11H14N4S. The Kier molecular flexibility index (Phi) is 3.38. The predicted molar refractivity (Wildman–Crippen MR) is 68.4 cm³/mol. The number of aromatic nitrogens is 1. The van der Waals surface area contributed by atoms with Crippen LogP contribution in [-0.2, 0) is 6.54 Å². The third kappa shape index (κ3) is 2.71. The monoisotopic (exact) mass is 234 g/mol. The van der Waals surface area contributed by atoms with Gasteiger partial charge in [0.25, 0.3) is 0 Å². The van der Waals surface area contributed by atoms with Gasteiger partial charge in [0.2, 0.25) is 0 Å². The first kappa shape index (κ1) is 10.9. The minimum absolute atomic E-state index is 0.660. The molecule has 0 unspecified atom stereocenters. The lowest BCUT2D eigenvalue weighted by atomic mass is 10.4. The fourth-order valence-corrected chi connectivity index (χ4v) is 2.20. The lowest BCUT2D eigenvalue weighted by molar-refractivity contribution is 1.13. The van der Waals surface area contributed by atoms with E-state index in [0.29, 0.717) is 5.82 Å². The summed E-state index contributed by atoms with van der Waals surface area (Å²) in [5.74, 6) is 6.77. The number of anilines is 2. The van der Waals surface area contributed by atoms with Crippen LogP contribution in [0.3, 0.4) is 0 Å². The Bertz CT molecular complexity index is 467. The molecule has 0 fully saturated rings. The summed E-state index contributed by atoms with van der Waals surface area (Å²) in [6.45, 7) is 2.89.